The third kappa shape index (κ3) is 7.91. The lowest BCUT2D eigenvalue weighted by molar-refractivity contribution is -0.110. The number of aliphatic hydroxyl groups is 1. The number of carbonyl (C=O) groups is 1. The van der Waals surface area contributed by atoms with Gasteiger partial charge in [-0.3, -0.25) is 4.79 Å². The van der Waals surface area contributed by atoms with Gasteiger partial charge in [0.1, 0.15) is 17.5 Å². The molecular weight excluding hydrogens is 433 g/mol. The van der Waals surface area contributed by atoms with E-state index in [1.54, 1.807) is 25.3 Å². The summed E-state index contributed by atoms with van der Waals surface area (Å²) in [4.78, 5) is 12.7. The molecule has 3 aromatic rings. The molecule has 1 atom stereocenters. The van der Waals surface area contributed by atoms with Crippen LogP contribution < -0.4 is 5.32 Å². The fourth-order valence-corrected chi connectivity index (χ4v) is 3.10. The number of aliphatic hydroxyl groups excluding tert-OH is 1. The highest BCUT2D eigenvalue weighted by atomic mass is 19.1. The number of halogens is 3. The Morgan fingerprint density at radius 3 is 2.21 bits per heavy atom. The van der Waals surface area contributed by atoms with E-state index in [1.165, 1.54) is 37.5 Å². The van der Waals surface area contributed by atoms with Crippen molar-refractivity contribution in [2.24, 2.45) is 5.92 Å². The Hall–Kier alpha value is -2.84. The van der Waals surface area contributed by atoms with E-state index in [2.05, 4.69) is 10.3 Å². The lowest BCUT2D eigenvalue weighted by Gasteiger charge is -2.22. The number of methoxy groups -OCH3 is 1. The third-order valence-electron chi connectivity index (χ3n) is 5.47. The summed E-state index contributed by atoms with van der Waals surface area (Å²) in [5.41, 5.74) is 1.58. The Morgan fingerprint density at radius 2 is 1.79 bits per heavy atom. The SMILES string of the molecule is CC(C)C(CO)NC=O.COC1CCC1.Fc1ccc(-c2cc3cc(F)cc(F)c3[nH]2)cc1. The van der Waals surface area contributed by atoms with Crippen LogP contribution in [0.2, 0.25) is 0 Å². The molecule has 0 spiro atoms. The van der Waals surface area contributed by atoms with Crippen LogP contribution in [0.3, 0.4) is 0 Å². The molecule has 1 unspecified atom stereocenters. The Bertz CT molecular complexity index is 999. The molecule has 3 N–H and O–H groups in total. The number of nitrogens with one attached hydrogen (secondary N) is 2. The standard InChI is InChI=1S/C14H8F3N.C6H13NO2.C5H10O/c15-10-3-1-8(2-4-10)13-6-9-5-11(16)7-12(17)14(9)18-13;1-5(2)6(3-8)7-4-9;1-6-5-3-2-4-5/h1-7,18H;4-6,8H,3H2,1-2H3,(H,7,9);5H,2-4H2,1H3. The maximum absolute atomic E-state index is 13.5. The summed E-state index contributed by atoms with van der Waals surface area (Å²) in [7, 11) is 1.78. The number of aromatic amines is 1. The van der Waals surface area contributed by atoms with Crippen molar-refractivity contribution in [2.45, 2.75) is 45.3 Å². The number of carbonyl (C=O) groups excluding carboxylic acids is 1. The van der Waals surface area contributed by atoms with Gasteiger partial charge in [-0.15, -0.1) is 0 Å². The molecule has 1 heterocycles. The monoisotopic (exact) mass is 464 g/mol. The molecule has 4 rings (SSSR count). The van der Waals surface area contributed by atoms with E-state index in [1.807, 2.05) is 13.8 Å². The van der Waals surface area contributed by atoms with Gasteiger partial charge in [-0.2, -0.15) is 0 Å². The number of amides is 1. The second-order valence-corrected chi connectivity index (χ2v) is 8.15. The molecule has 0 saturated heterocycles. The lowest BCUT2D eigenvalue weighted by atomic mass is 9.96. The number of benzene rings is 2. The summed E-state index contributed by atoms with van der Waals surface area (Å²) in [6, 6.07) is 9.41. The predicted molar refractivity (Wildman–Crippen MR) is 123 cm³/mol. The smallest absolute Gasteiger partial charge is 0.207 e. The highest BCUT2D eigenvalue weighted by molar-refractivity contribution is 5.86. The van der Waals surface area contributed by atoms with Crippen molar-refractivity contribution in [1.29, 1.82) is 0 Å². The van der Waals surface area contributed by atoms with Crippen molar-refractivity contribution in [2.75, 3.05) is 13.7 Å². The fourth-order valence-electron chi connectivity index (χ4n) is 3.10. The van der Waals surface area contributed by atoms with Crippen molar-refractivity contribution in [3.8, 4) is 11.3 Å². The lowest BCUT2D eigenvalue weighted by Crippen LogP contribution is -2.35. The Labute approximate surface area is 192 Å². The largest absolute Gasteiger partial charge is 0.394 e. The number of aromatic nitrogens is 1. The van der Waals surface area contributed by atoms with Gasteiger partial charge in [0, 0.05) is 24.3 Å². The van der Waals surface area contributed by atoms with Gasteiger partial charge in [0.2, 0.25) is 6.41 Å². The summed E-state index contributed by atoms with van der Waals surface area (Å²) < 4.78 is 44.4. The molecular formula is C25H31F3N2O3. The number of fused-ring (bicyclic) bond motifs is 1. The predicted octanol–water partition coefficient (Wildman–Crippen LogP) is 5.19. The fraction of sp³-hybridized carbons (Fsp3) is 0.400. The number of rotatable bonds is 6. The van der Waals surface area contributed by atoms with Crippen molar-refractivity contribution in [3.05, 3.63) is 59.9 Å². The molecule has 0 bridgehead atoms. The molecule has 0 radical (unpaired) electrons. The maximum Gasteiger partial charge on any atom is 0.207 e. The molecule has 1 fully saturated rings. The first-order valence-electron chi connectivity index (χ1n) is 10.9. The van der Waals surface area contributed by atoms with Gasteiger partial charge >= 0.3 is 0 Å². The number of ether oxygens (including phenoxy) is 1. The highest BCUT2D eigenvalue weighted by Crippen LogP contribution is 2.26. The molecule has 2 aromatic carbocycles. The van der Waals surface area contributed by atoms with E-state index in [0.29, 0.717) is 35.1 Å². The zero-order valence-corrected chi connectivity index (χ0v) is 19.1. The first kappa shape index (κ1) is 26.4. The van der Waals surface area contributed by atoms with E-state index in [0.717, 1.165) is 6.07 Å². The van der Waals surface area contributed by atoms with Crippen molar-refractivity contribution < 1.29 is 27.8 Å². The molecule has 1 amide bonds. The van der Waals surface area contributed by atoms with Gasteiger partial charge in [-0.25, -0.2) is 13.2 Å². The minimum Gasteiger partial charge on any atom is -0.394 e. The van der Waals surface area contributed by atoms with Crippen molar-refractivity contribution >= 4 is 17.3 Å². The van der Waals surface area contributed by atoms with Crippen LogP contribution in [0.1, 0.15) is 33.1 Å². The summed E-state index contributed by atoms with van der Waals surface area (Å²) in [5, 5.41) is 11.6. The zero-order valence-electron chi connectivity index (χ0n) is 19.1. The summed E-state index contributed by atoms with van der Waals surface area (Å²) in [6.45, 7) is 3.89. The van der Waals surface area contributed by atoms with Gasteiger partial charge in [0.25, 0.3) is 0 Å². The second kappa shape index (κ2) is 13.0. The van der Waals surface area contributed by atoms with Crippen LogP contribution in [0.5, 0.6) is 0 Å². The molecule has 1 aliphatic rings. The van der Waals surface area contributed by atoms with Gasteiger partial charge in [-0.1, -0.05) is 13.8 Å². The number of H-pyrrole nitrogens is 1. The molecule has 1 saturated carbocycles. The van der Waals surface area contributed by atoms with Crippen LogP contribution >= 0.6 is 0 Å². The maximum atomic E-state index is 13.5. The van der Waals surface area contributed by atoms with Gasteiger partial charge in [-0.05, 0) is 67.1 Å². The Kier molecular flexibility index (Phi) is 10.4. The van der Waals surface area contributed by atoms with Crippen LogP contribution in [0.4, 0.5) is 13.2 Å². The van der Waals surface area contributed by atoms with Crippen LogP contribution in [-0.4, -0.2) is 42.4 Å². The molecule has 5 nitrogen and oxygen atoms in total. The second-order valence-electron chi connectivity index (χ2n) is 8.15. The van der Waals surface area contributed by atoms with E-state index < -0.39 is 11.6 Å². The quantitative estimate of drug-likeness (QED) is 0.440. The van der Waals surface area contributed by atoms with Gasteiger partial charge < -0.3 is 20.1 Å². The normalized spacial score (nSPS) is 13.9. The summed E-state index contributed by atoms with van der Waals surface area (Å²) in [6.07, 6.45) is 5.18. The van der Waals surface area contributed by atoms with E-state index in [4.69, 9.17) is 9.84 Å². The average Bonchev–Trinajstić information content (AvgIpc) is 3.17. The first-order chi connectivity index (χ1) is 15.8. The molecule has 0 aliphatic heterocycles. The van der Waals surface area contributed by atoms with Crippen molar-refractivity contribution in [3.63, 3.8) is 0 Å². The number of hydrogen-bond donors (Lipinski definition) is 3. The van der Waals surface area contributed by atoms with Crippen LogP contribution in [0, 0.1) is 23.4 Å². The Morgan fingerprint density at radius 1 is 1.12 bits per heavy atom. The Balaban J connectivity index is 0.000000214. The number of hydrogen-bond acceptors (Lipinski definition) is 3. The highest BCUT2D eigenvalue weighted by Gasteiger charge is 2.15. The van der Waals surface area contributed by atoms with E-state index in [9.17, 15) is 18.0 Å². The average molecular weight is 465 g/mol. The van der Waals surface area contributed by atoms with Crippen molar-refractivity contribution in [1.82, 2.24) is 10.3 Å². The summed E-state index contributed by atoms with van der Waals surface area (Å²) in [5.74, 6) is -1.31. The minimum atomic E-state index is -0.640. The van der Waals surface area contributed by atoms with Gasteiger partial charge in [0.15, 0.2) is 0 Å². The van der Waals surface area contributed by atoms with Crippen LogP contribution in [-0.2, 0) is 9.53 Å². The molecule has 1 aromatic heterocycles. The van der Waals surface area contributed by atoms with Crippen LogP contribution in [0.15, 0.2) is 42.5 Å². The molecule has 33 heavy (non-hydrogen) atoms. The van der Waals surface area contributed by atoms with E-state index in [-0.39, 0.29) is 24.0 Å². The van der Waals surface area contributed by atoms with Crippen LogP contribution in [0.25, 0.3) is 22.2 Å². The molecule has 180 valence electrons. The van der Waals surface area contributed by atoms with E-state index >= 15 is 0 Å². The molecule has 8 heteroatoms. The van der Waals surface area contributed by atoms with Gasteiger partial charge in [0.05, 0.1) is 24.3 Å². The minimum absolute atomic E-state index is 0.0103. The third-order valence-corrected chi connectivity index (χ3v) is 5.47. The zero-order chi connectivity index (χ0) is 24.4. The topological polar surface area (TPSA) is 74.3 Å². The first-order valence-corrected chi connectivity index (χ1v) is 10.9. The molecule has 1 aliphatic carbocycles. The summed E-state index contributed by atoms with van der Waals surface area (Å²) >= 11 is 0.